The van der Waals surface area contributed by atoms with Crippen LogP contribution in [0.5, 0.6) is 0 Å². The highest BCUT2D eigenvalue weighted by Gasteiger charge is 2.82. The Kier molecular flexibility index (Phi) is 5.14. The summed E-state index contributed by atoms with van der Waals surface area (Å²) in [6.07, 6.45) is -18.9. The number of benzene rings is 1. The molecule has 1 aromatic carbocycles. The predicted octanol–water partition coefficient (Wildman–Crippen LogP) is 6.03. The summed E-state index contributed by atoms with van der Waals surface area (Å²) in [5.41, 5.74) is -10.4. The summed E-state index contributed by atoms with van der Waals surface area (Å²) in [5, 5.41) is 0. The van der Waals surface area contributed by atoms with Crippen LogP contribution in [0.15, 0.2) is 12.1 Å². The largest absolute Gasteiger partial charge is 0.457 e. The van der Waals surface area contributed by atoms with E-state index in [1.54, 1.807) is 0 Å². The van der Waals surface area contributed by atoms with E-state index in [1.807, 2.05) is 0 Å². The van der Waals surface area contributed by atoms with E-state index in [9.17, 15) is 52.7 Å². The van der Waals surface area contributed by atoms with Crippen LogP contribution in [0.25, 0.3) is 0 Å². The lowest BCUT2D eigenvalue weighted by atomic mass is 9.87. The summed E-state index contributed by atoms with van der Waals surface area (Å²) < 4.78 is 151. The first-order valence-electron chi connectivity index (χ1n) is 5.37. The zero-order valence-electron chi connectivity index (χ0n) is 10.6. The minimum atomic E-state index is -6.96. The Balaban J connectivity index is 3.73. The molecule has 0 bridgehead atoms. The van der Waals surface area contributed by atoms with Gasteiger partial charge in [-0.05, 0) is 28.7 Å². The Morgan fingerprint density at radius 1 is 0.708 bits per heavy atom. The molecule has 0 saturated carbocycles. The van der Waals surface area contributed by atoms with Crippen LogP contribution in [0.1, 0.15) is 11.1 Å². The Hall–Kier alpha value is -0.890. The first-order chi connectivity index (χ1) is 10.4. The lowest BCUT2D eigenvalue weighted by Crippen LogP contribution is -2.60. The second kappa shape index (κ2) is 5.83. The molecule has 13 heteroatoms. The van der Waals surface area contributed by atoms with E-state index in [0.717, 1.165) is 6.07 Å². The molecule has 1 radical (unpaired) electrons. The van der Waals surface area contributed by atoms with Gasteiger partial charge in [0.15, 0.2) is 0 Å². The number of alkyl halides is 12. The van der Waals surface area contributed by atoms with Crippen LogP contribution >= 0.6 is 22.6 Å². The van der Waals surface area contributed by atoms with Crippen LogP contribution in [0, 0.1) is 9.64 Å². The molecule has 0 fully saturated rings. The number of halogens is 13. The topological polar surface area (TPSA) is 0 Å². The van der Waals surface area contributed by atoms with E-state index in [2.05, 4.69) is 0 Å². The van der Waals surface area contributed by atoms with Crippen molar-refractivity contribution in [2.45, 2.75) is 30.1 Å². The van der Waals surface area contributed by atoms with Gasteiger partial charge in [-0.2, -0.15) is 48.3 Å². The Labute approximate surface area is 139 Å². The molecule has 0 amide bonds. The Bertz CT molecular complexity index is 611. The third-order valence-corrected chi connectivity index (χ3v) is 3.60. The lowest BCUT2D eigenvalue weighted by Gasteiger charge is -2.36. The van der Waals surface area contributed by atoms with Crippen molar-refractivity contribution in [3.63, 3.8) is 0 Å². The first kappa shape index (κ1) is 21.2. The normalized spacial score (nSPS) is 16.9. The fourth-order valence-corrected chi connectivity index (χ4v) is 2.44. The lowest BCUT2D eigenvalue weighted by molar-refractivity contribution is -0.389. The van der Waals surface area contributed by atoms with Gasteiger partial charge in [0.05, 0.1) is 5.56 Å². The van der Waals surface area contributed by atoms with Crippen molar-refractivity contribution in [2.24, 2.45) is 0 Å². The van der Waals surface area contributed by atoms with E-state index in [4.69, 9.17) is 0 Å². The van der Waals surface area contributed by atoms with Crippen LogP contribution < -0.4 is 0 Å². The van der Waals surface area contributed by atoms with Crippen molar-refractivity contribution in [3.8, 4) is 0 Å². The van der Waals surface area contributed by atoms with Gasteiger partial charge >= 0.3 is 30.1 Å². The smallest absolute Gasteiger partial charge is 0.221 e. The zero-order chi connectivity index (χ0) is 19.4. The standard InChI is InChI=1S/C11H2F12I/c12-7(10(18,19)20,9(16,17)11(21,22)23)5-2-1-4(3-6(5)24)8(13,14)15/h1-2H. The van der Waals surface area contributed by atoms with Gasteiger partial charge in [-0.25, -0.2) is 4.39 Å². The number of hydrogen-bond acceptors (Lipinski definition) is 0. The maximum Gasteiger partial charge on any atom is 0.457 e. The molecular weight excluding hydrogens is 487 g/mol. The molecule has 0 aliphatic heterocycles. The fraction of sp³-hybridized carbons (Fsp3) is 0.455. The quantitative estimate of drug-likeness (QED) is 0.352. The molecule has 1 rings (SSSR count). The molecule has 0 saturated heterocycles. The predicted molar refractivity (Wildman–Crippen MR) is 62.8 cm³/mol. The summed E-state index contributed by atoms with van der Waals surface area (Å²) in [4.78, 5) is 0. The molecule has 0 heterocycles. The average Bonchev–Trinajstić information content (AvgIpc) is 2.33. The van der Waals surface area contributed by atoms with Crippen LogP contribution in [0.3, 0.4) is 0 Å². The van der Waals surface area contributed by atoms with Gasteiger partial charge in [0.1, 0.15) is 0 Å². The van der Waals surface area contributed by atoms with Gasteiger partial charge < -0.3 is 0 Å². The molecule has 0 spiro atoms. The van der Waals surface area contributed by atoms with E-state index in [1.165, 1.54) is 0 Å². The van der Waals surface area contributed by atoms with Crippen LogP contribution in [-0.2, 0) is 11.8 Å². The van der Waals surface area contributed by atoms with Crippen molar-refractivity contribution in [3.05, 3.63) is 32.9 Å². The molecule has 1 atom stereocenters. The molecule has 0 nitrogen and oxygen atoms in total. The molecule has 0 aliphatic carbocycles. The van der Waals surface area contributed by atoms with Gasteiger partial charge in [-0.1, -0.05) is 6.07 Å². The van der Waals surface area contributed by atoms with Crippen molar-refractivity contribution in [1.82, 2.24) is 0 Å². The van der Waals surface area contributed by atoms with Crippen molar-refractivity contribution < 1.29 is 52.7 Å². The molecule has 137 valence electrons. The summed E-state index contributed by atoms with van der Waals surface area (Å²) in [7, 11) is 0. The molecular formula is C11H2F12I. The Morgan fingerprint density at radius 2 is 1.17 bits per heavy atom. The summed E-state index contributed by atoms with van der Waals surface area (Å²) in [6.45, 7) is 0. The number of rotatable bonds is 2. The van der Waals surface area contributed by atoms with Crippen molar-refractivity contribution >= 4 is 22.6 Å². The summed E-state index contributed by atoms with van der Waals surface area (Å²) in [6, 6.07) is 0.442. The first-order valence-corrected chi connectivity index (χ1v) is 6.45. The van der Waals surface area contributed by atoms with Crippen LogP contribution in [0.2, 0.25) is 0 Å². The van der Waals surface area contributed by atoms with Gasteiger partial charge in [-0.15, -0.1) is 0 Å². The maximum absolute atomic E-state index is 14.1. The van der Waals surface area contributed by atoms with Crippen molar-refractivity contribution in [2.75, 3.05) is 0 Å². The number of hydrogen-bond donors (Lipinski definition) is 0. The van der Waals surface area contributed by atoms with E-state index >= 15 is 0 Å². The third kappa shape index (κ3) is 3.27. The van der Waals surface area contributed by atoms with Crippen LogP contribution in [-0.4, -0.2) is 18.3 Å². The van der Waals surface area contributed by atoms with E-state index in [0.29, 0.717) is 22.6 Å². The molecule has 1 aromatic rings. The van der Waals surface area contributed by atoms with Gasteiger partial charge in [0.25, 0.3) is 0 Å². The van der Waals surface area contributed by atoms with E-state index in [-0.39, 0.29) is 6.07 Å². The third-order valence-electron chi connectivity index (χ3n) is 2.75. The second-order valence-corrected chi connectivity index (χ2v) is 5.40. The monoisotopic (exact) mass is 489 g/mol. The highest BCUT2D eigenvalue weighted by Crippen LogP contribution is 2.59. The Morgan fingerprint density at radius 3 is 1.46 bits per heavy atom. The maximum atomic E-state index is 14.1. The summed E-state index contributed by atoms with van der Waals surface area (Å²) >= 11 is 0.563. The minimum absolute atomic E-state index is 0.274. The molecule has 0 N–H and O–H groups in total. The molecule has 0 aromatic heterocycles. The molecule has 24 heavy (non-hydrogen) atoms. The average molecular weight is 489 g/mol. The summed E-state index contributed by atoms with van der Waals surface area (Å²) in [5.74, 6) is -6.95. The minimum Gasteiger partial charge on any atom is -0.221 e. The zero-order valence-corrected chi connectivity index (χ0v) is 12.7. The molecule has 1 unspecified atom stereocenters. The highest BCUT2D eigenvalue weighted by atomic mass is 127. The van der Waals surface area contributed by atoms with Gasteiger partial charge in [-0.3, -0.25) is 0 Å². The molecule has 0 aliphatic rings. The van der Waals surface area contributed by atoms with Gasteiger partial charge in [0, 0.05) is 15.2 Å². The SMILES string of the molecule is FC(F)(F)c1[c]c(I)c(C(F)(C(F)(F)F)C(F)(F)C(F)(F)F)cc1. The van der Waals surface area contributed by atoms with E-state index < -0.39 is 50.9 Å². The van der Waals surface area contributed by atoms with Crippen molar-refractivity contribution in [1.29, 1.82) is 0 Å². The fourth-order valence-electron chi connectivity index (χ4n) is 1.59. The highest BCUT2D eigenvalue weighted by molar-refractivity contribution is 14.1. The van der Waals surface area contributed by atoms with Crippen LogP contribution in [0.4, 0.5) is 52.7 Å². The van der Waals surface area contributed by atoms with Gasteiger partial charge in [0.2, 0.25) is 0 Å². The second-order valence-electron chi connectivity index (χ2n) is 4.33.